The van der Waals surface area contributed by atoms with Crippen LogP contribution in [0.25, 0.3) is 0 Å². The van der Waals surface area contributed by atoms with Crippen molar-refractivity contribution in [3.05, 3.63) is 35.6 Å². The van der Waals surface area contributed by atoms with E-state index in [2.05, 4.69) is 10.6 Å². The van der Waals surface area contributed by atoms with Gasteiger partial charge in [-0.1, -0.05) is 12.1 Å². The minimum atomic E-state index is -0.243. The van der Waals surface area contributed by atoms with Gasteiger partial charge in [-0.3, -0.25) is 4.79 Å². The number of nitrogens with one attached hydrogen (secondary N) is 2. The minimum Gasteiger partial charge on any atom is -0.378 e. The number of hydrogen-bond acceptors (Lipinski definition) is 3. The monoisotopic (exact) mass is 266 g/mol. The molecule has 0 aromatic heterocycles. The zero-order valence-corrected chi connectivity index (χ0v) is 10.8. The first-order chi connectivity index (χ1) is 9.24. The number of rotatable bonds is 5. The Hall–Kier alpha value is -1.46. The van der Waals surface area contributed by atoms with Gasteiger partial charge in [0, 0.05) is 25.6 Å². The fourth-order valence-electron chi connectivity index (χ4n) is 2.09. The number of ether oxygens (including phenoxy) is 1. The predicted molar refractivity (Wildman–Crippen MR) is 70.3 cm³/mol. The van der Waals surface area contributed by atoms with Crippen molar-refractivity contribution < 1.29 is 13.9 Å². The van der Waals surface area contributed by atoms with E-state index in [0.717, 1.165) is 12.1 Å². The van der Waals surface area contributed by atoms with Crippen molar-refractivity contribution in [1.29, 1.82) is 0 Å². The van der Waals surface area contributed by atoms with Crippen molar-refractivity contribution in [3.63, 3.8) is 0 Å². The van der Waals surface area contributed by atoms with E-state index < -0.39 is 0 Å². The summed E-state index contributed by atoms with van der Waals surface area (Å²) in [5.74, 6) is -0.244. The Bertz CT molecular complexity index is 420. The van der Waals surface area contributed by atoms with Crippen LogP contribution >= 0.6 is 0 Å². The molecule has 1 atom stereocenters. The SMILES string of the molecule is O=C(CC1COCCN1)NCCc1cccc(F)c1. The Balaban J connectivity index is 1.66. The molecule has 2 rings (SSSR count). The summed E-state index contributed by atoms with van der Waals surface area (Å²) < 4.78 is 18.2. The Kier molecular flexibility index (Phi) is 5.30. The van der Waals surface area contributed by atoms with Crippen LogP contribution < -0.4 is 10.6 Å². The van der Waals surface area contributed by atoms with Crippen LogP contribution in [0.4, 0.5) is 4.39 Å². The second kappa shape index (κ2) is 7.21. The summed E-state index contributed by atoms with van der Waals surface area (Å²) in [6, 6.07) is 6.53. The molecule has 0 aliphatic carbocycles. The van der Waals surface area contributed by atoms with Gasteiger partial charge in [0.1, 0.15) is 5.82 Å². The molecule has 1 aromatic carbocycles. The Morgan fingerprint density at radius 2 is 2.42 bits per heavy atom. The van der Waals surface area contributed by atoms with Crippen LogP contribution in [0, 0.1) is 5.82 Å². The smallest absolute Gasteiger partial charge is 0.221 e. The van der Waals surface area contributed by atoms with Gasteiger partial charge in [-0.25, -0.2) is 4.39 Å². The summed E-state index contributed by atoms with van der Waals surface area (Å²) in [5.41, 5.74) is 0.888. The maximum Gasteiger partial charge on any atom is 0.221 e. The fourth-order valence-corrected chi connectivity index (χ4v) is 2.09. The molecule has 1 aromatic rings. The van der Waals surface area contributed by atoms with E-state index >= 15 is 0 Å². The quantitative estimate of drug-likeness (QED) is 0.831. The molecule has 5 heteroatoms. The van der Waals surface area contributed by atoms with Crippen LogP contribution in [0.1, 0.15) is 12.0 Å². The van der Waals surface area contributed by atoms with Gasteiger partial charge in [0.25, 0.3) is 0 Å². The average Bonchev–Trinajstić information content (AvgIpc) is 2.40. The third kappa shape index (κ3) is 4.96. The van der Waals surface area contributed by atoms with E-state index in [0.29, 0.717) is 32.6 Å². The molecular weight excluding hydrogens is 247 g/mol. The highest BCUT2D eigenvalue weighted by Gasteiger charge is 2.16. The van der Waals surface area contributed by atoms with Crippen LogP contribution in [0.3, 0.4) is 0 Å². The molecule has 1 saturated heterocycles. The van der Waals surface area contributed by atoms with E-state index in [4.69, 9.17) is 4.74 Å². The molecule has 19 heavy (non-hydrogen) atoms. The van der Waals surface area contributed by atoms with Crippen molar-refractivity contribution >= 4 is 5.91 Å². The zero-order valence-electron chi connectivity index (χ0n) is 10.8. The van der Waals surface area contributed by atoms with Gasteiger partial charge in [-0.2, -0.15) is 0 Å². The molecule has 104 valence electrons. The van der Waals surface area contributed by atoms with Crippen molar-refractivity contribution in [2.75, 3.05) is 26.3 Å². The number of carbonyl (C=O) groups is 1. The largest absolute Gasteiger partial charge is 0.378 e. The topological polar surface area (TPSA) is 50.4 Å². The predicted octanol–water partition coefficient (Wildman–Crippen LogP) is 0.863. The molecule has 0 saturated carbocycles. The van der Waals surface area contributed by atoms with Crippen molar-refractivity contribution in [2.45, 2.75) is 18.9 Å². The van der Waals surface area contributed by atoms with Crippen molar-refractivity contribution in [2.24, 2.45) is 0 Å². The molecule has 4 nitrogen and oxygen atoms in total. The Labute approximate surface area is 112 Å². The van der Waals surface area contributed by atoms with E-state index in [9.17, 15) is 9.18 Å². The number of amides is 1. The second-order valence-electron chi connectivity index (χ2n) is 4.66. The lowest BCUT2D eigenvalue weighted by atomic mass is 10.1. The molecule has 1 aliphatic heterocycles. The number of carbonyl (C=O) groups excluding carboxylic acids is 1. The highest BCUT2D eigenvalue weighted by Crippen LogP contribution is 2.04. The third-order valence-corrected chi connectivity index (χ3v) is 3.06. The van der Waals surface area contributed by atoms with Gasteiger partial charge in [-0.15, -0.1) is 0 Å². The van der Waals surface area contributed by atoms with Gasteiger partial charge in [0.15, 0.2) is 0 Å². The van der Waals surface area contributed by atoms with E-state index in [1.54, 1.807) is 6.07 Å². The van der Waals surface area contributed by atoms with Gasteiger partial charge >= 0.3 is 0 Å². The molecule has 1 heterocycles. The third-order valence-electron chi connectivity index (χ3n) is 3.06. The highest BCUT2D eigenvalue weighted by molar-refractivity contribution is 5.76. The molecular formula is C14H19FN2O2. The van der Waals surface area contributed by atoms with Crippen molar-refractivity contribution in [3.8, 4) is 0 Å². The highest BCUT2D eigenvalue weighted by atomic mass is 19.1. The van der Waals surface area contributed by atoms with E-state index in [1.807, 2.05) is 6.07 Å². The maximum absolute atomic E-state index is 13.0. The van der Waals surface area contributed by atoms with Gasteiger partial charge < -0.3 is 15.4 Å². The molecule has 0 radical (unpaired) electrons. The normalized spacial score (nSPS) is 19.1. The average molecular weight is 266 g/mol. The molecule has 0 spiro atoms. The Morgan fingerprint density at radius 1 is 1.53 bits per heavy atom. The molecule has 1 amide bonds. The molecule has 1 unspecified atom stereocenters. The molecule has 0 bridgehead atoms. The van der Waals surface area contributed by atoms with E-state index in [-0.39, 0.29) is 17.8 Å². The van der Waals surface area contributed by atoms with Gasteiger partial charge in [0.2, 0.25) is 5.91 Å². The first kappa shape index (κ1) is 14.0. The number of halogens is 1. The molecule has 1 fully saturated rings. The molecule has 1 aliphatic rings. The summed E-state index contributed by atoms with van der Waals surface area (Å²) in [4.78, 5) is 11.7. The summed E-state index contributed by atoms with van der Waals surface area (Å²) in [6.07, 6.45) is 1.06. The maximum atomic E-state index is 13.0. The summed E-state index contributed by atoms with van der Waals surface area (Å²) in [7, 11) is 0. The van der Waals surface area contributed by atoms with Crippen LogP contribution in [0.15, 0.2) is 24.3 Å². The standard InChI is InChI=1S/C14H19FN2O2/c15-12-3-1-2-11(8-12)4-5-17-14(18)9-13-10-19-7-6-16-13/h1-3,8,13,16H,4-7,9-10H2,(H,17,18). The summed E-state index contributed by atoms with van der Waals surface area (Å²) in [6.45, 7) is 2.60. The number of benzene rings is 1. The van der Waals surface area contributed by atoms with E-state index in [1.165, 1.54) is 12.1 Å². The second-order valence-corrected chi connectivity index (χ2v) is 4.66. The van der Waals surface area contributed by atoms with Crippen LogP contribution in [-0.4, -0.2) is 38.3 Å². The zero-order chi connectivity index (χ0) is 13.5. The lowest BCUT2D eigenvalue weighted by Gasteiger charge is -2.23. The fraction of sp³-hybridized carbons (Fsp3) is 0.500. The van der Waals surface area contributed by atoms with Crippen LogP contribution in [-0.2, 0) is 16.0 Å². The van der Waals surface area contributed by atoms with Crippen LogP contribution in [0.5, 0.6) is 0 Å². The first-order valence-corrected chi connectivity index (χ1v) is 6.56. The molecule has 2 N–H and O–H groups in total. The van der Waals surface area contributed by atoms with Gasteiger partial charge in [0.05, 0.1) is 13.2 Å². The Morgan fingerprint density at radius 3 is 3.16 bits per heavy atom. The number of hydrogen-bond donors (Lipinski definition) is 2. The first-order valence-electron chi connectivity index (χ1n) is 6.56. The summed E-state index contributed by atoms with van der Waals surface area (Å²) >= 11 is 0. The summed E-state index contributed by atoms with van der Waals surface area (Å²) in [5, 5.41) is 6.07. The lowest BCUT2D eigenvalue weighted by Crippen LogP contribution is -2.44. The minimum absolute atomic E-state index is 0.000553. The van der Waals surface area contributed by atoms with Gasteiger partial charge in [-0.05, 0) is 24.1 Å². The van der Waals surface area contributed by atoms with Crippen molar-refractivity contribution in [1.82, 2.24) is 10.6 Å². The number of morpholine rings is 1. The van der Waals surface area contributed by atoms with Crippen LogP contribution in [0.2, 0.25) is 0 Å². The lowest BCUT2D eigenvalue weighted by molar-refractivity contribution is -0.122.